The Morgan fingerprint density at radius 1 is 1.25 bits per heavy atom. The molecule has 0 radical (unpaired) electrons. The van der Waals surface area contributed by atoms with Crippen LogP contribution in [-0.2, 0) is 16.1 Å². The lowest BCUT2D eigenvalue weighted by Gasteiger charge is -2.26. The summed E-state index contributed by atoms with van der Waals surface area (Å²) in [7, 11) is 3.99. The molecule has 1 saturated heterocycles. The molecule has 1 aromatic carbocycles. The van der Waals surface area contributed by atoms with Crippen molar-refractivity contribution in [3.05, 3.63) is 71.4 Å². The number of aromatic nitrogens is 1. The van der Waals surface area contributed by atoms with E-state index in [1.54, 1.807) is 24.5 Å². The number of carbonyl (C=O) groups is 1. The van der Waals surface area contributed by atoms with Crippen LogP contribution in [0, 0.1) is 5.82 Å². The van der Waals surface area contributed by atoms with Crippen LogP contribution in [0.1, 0.15) is 16.7 Å². The van der Waals surface area contributed by atoms with Crippen LogP contribution < -0.4 is 5.32 Å². The second kappa shape index (κ2) is 10.0. The van der Waals surface area contributed by atoms with E-state index in [0.29, 0.717) is 19.8 Å². The molecule has 7 nitrogen and oxygen atoms in total. The number of nitrogens with one attached hydrogen (secondary N) is 1. The first-order valence-corrected chi connectivity index (χ1v) is 10.7. The molecule has 1 aromatic heterocycles. The fourth-order valence-corrected chi connectivity index (χ4v) is 3.83. The van der Waals surface area contributed by atoms with Gasteiger partial charge in [-0.1, -0.05) is 6.07 Å². The third-order valence-corrected chi connectivity index (χ3v) is 5.69. The number of hydrogen-bond donors (Lipinski definition) is 1. The Morgan fingerprint density at radius 3 is 2.78 bits per heavy atom. The zero-order valence-electron chi connectivity index (χ0n) is 18.4. The molecule has 32 heavy (non-hydrogen) atoms. The van der Waals surface area contributed by atoms with Gasteiger partial charge < -0.3 is 15.1 Å². The largest absolute Gasteiger partial charge is 0.379 e. The zero-order chi connectivity index (χ0) is 22.5. The van der Waals surface area contributed by atoms with E-state index in [2.05, 4.69) is 26.4 Å². The number of ether oxygens (including phenoxy) is 1. The van der Waals surface area contributed by atoms with Crippen LogP contribution in [0.2, 0.25) is 0 Å². The molecule has 0 spiro atoms. The van der Waals surface area contributed by atoms with Crippen molar-refractivity contribution in [3.8, 4) is 0 Å². The number of nitrogens with zero attached hydrogens (tertiary/aromatic N) is 4. The second-order valence-corrected chi connectivity index (χ2v) is 8.03. The number of pyridine rings is 1. The van der Waals surface area contributed by atoms with Gasteiger partial charge in [-0.2, -0.15) is 0 Å². The number of anilines is 1. The van der Waals surface area contributed by atoms with E-state index >= 15 is 0 Å². The Kier molecular flexibility index (Phi) is 6.94. The molecule has 4 rings (SSSR count). The third kappa shape index (κ3) is 5.40. The number of hydrogen-bond acceptors (Lipinski definition) is 6. The summed E-state index contributed by atoms with van der Waals surface area (Å²) < 4.78 is 19.9. The first-order chi connectivity index (χ1) is 15.5. The zero-order valence-corrected chi connectivity index (χ0v) is 18.4. The summed E-state index contributed by atoms with van der Waals surface area (Å²) in [6, 6.07) is 6.87. The number of benzene rings is 1. The van der Waals surface area contributed by atoms with Crippen molar-refractivity contribution in [1.82, 2.24) is 19.9 Å². The minimum Gasteiger partial charge on any atom is -0.379 e. The monoisotopic (exact) mass is 437 g/mol. The van der Waals surface area contributed by atoms with E-state index in [0.717, 1.165) is 41.9 Å². The van der Waals surface area contributed by atoms with Crippen LogP contribution in [-0.4, -0.2) is 72.8 Å². The van der Waals surface area contributed by atoms with Gasteiger partial charge in [0.1, 0.15) is 5.82 Å². The standard InChI is InChI=1S/C24H28FN5O2/c1-28-16-20(17-29(28)2)21-7-8-26-14-19(21)4-6-24(31)27-23-5-3-18(13-22(23)25)15-30-9-11-32-12-10-30/h3-8,13-14,16H,9-12,15,17H2,1-2H3,(H,27,31)/b6-4+. The van der Waals surface area contributed by atoms with Crippen molar-refractivity contribution in [2.45, 2.75) is 6.54 Å². The SMILES string of the molecule is CN1C=C(c2ccncc2/C=C/C(=O)Nc2ccc(CN3CCOCC3)cc2F)CN1C. The lowest BCUT2D eigenvalue weighted by atomic mass is 10.0. The summed E-state index contributed by atoms with van der Waals surface area (Å²) in [6.07, 6.45) is 8.63. The van der Waals surface area contributed by atoms with Crippen molar-refractivity contribution in [2.24, 2.45) is 0 Å². The van der Waals surface area contributed by atoms with Gasteiger partial charge in [-0.25, -0.2) is 9.40 Å². The maximum atomic E-state index is 14.6. The molecule has 2 aliphatic heterocycles. The molecular weight excluding hydrogens is 409 g/mol. The first kappa shape index (κ1) is 22.1. The highest BCUT2D eigenvalue weighted by atomic mass is 19.1. The molecule has 0 aliphatic carbocycles. The van der Waals surface area contributed by atoms with Gasteiger partial charge in [0.05, 0.1) is 18.9 Å². The summed E-state index contributed by atoms with van der Waals surface area (Å²) in [5.74, 6) is -0.837. The van der Waals surface area contributed by atoms with Gasteiger partial charge in [0.25, 0.3) is 0 Å². The Hall–Kier alpha value is -3.07. The van der Waals surface area contributed by atoms with E-state index in [-0.39, 0.29) is 5.69 Å². The molecule has 1 N–H and O–H groups in total. The van der Waals surface area contributed by atoms with Crippen molar-refractivity contribution in [1.29, 1.82) is 0 Å². The topological polar surface area (TPSA) is 60.9 Å². The number of hydrazine groups is 1. The van der Waals surface area contributed by atoms with Crippen LogP contribution >= 0.6 is 0 Å². The van der Waals surface area contributed by atoms with Gasteiger partial charge in [0.2, 0.25) is 5.91 Å². The van der Waals surface area contributed by atoms with Crippen LogP contribution in [0.5, 0.6) is 0 Å². The highest BCUT2D eigenvalue weighted by molar-refractivity contribution is 6.02. The lowest BCUT2D eigenvalue weighted by molar-refractivity contribution is -0.111. The fourth-order valence-electron chi connectivity index (χ4n) is 3.83. The number of likely N-dealkylation sites (N-methyl/N-ethyl adjacent to an activating group) is 1. The summed E-state index contributed by atoms with van der Waals surface area (Å²) in [6.45, 7) is 4.52. The fraction of sp³-hybridized carbons (Fsp3) is 0.333. The molecule has 0 bridgehead atoms. The van der Waals surface area contributed by atoms with Crippen LogP contribution in [0.15, 0.2) is 48.9 Å². The van der Waals surface area contributed by atoms with Crippen LogP contribution in [0.25, 0.3) is 11.6 Å². The Labute approximate surface area is 187 Å². The average molecular weight is 438 g/mol. The lowest BCUT2D eigenvalue weighted by Crippen LogP contribution is -2.35. The Morgan fingerprint density at radius 2 is 2.06 bits per heavy atom. The van der Waals surface area contributed by atoms with Gasteiger partial charge in [-0.3, -0.25) is 14.7 Å². The molecule has 0 atom stereocenters. The molecular formula is C24H28FN5O2. The van der Waals surface area contributed by atoms with Gasteiger partial charge >= 0.3 is 0 Å². The summed E-state index contributed by atoms with van der Waals surface area (Å²) in [4.78, 5) is 18.8. The molecule has 168 valence electrons. The van der Waals surface area contributed by atoms with E-state index in [4.69, 9.17) is 4.74 Å². The third-order valence-electron chi connectivity index (χ3n) is 5.69. The van der Waals surface area contributed by atoms with Gasteiger partial charge in [0, 0.05) is 70.5 Å². The smallest absolute Gasteiger partial charge is 0.248 e. The summed E-state index contributed by atoms with van der Waals surface area (Å²) >= 11 is 0. The maximum Gasteiger partial charge on any atom is 0.248 e. The maximum absolute atomic E-state index is 14.6. The molecule has 1 amide bonds. The van der Waals surface area contributed by atoms with Crippen molar-refractivity contribution < 1.29 is 13.9 Å². The first-order valence-electron chi connectivity index (χ1n) is 10.7. The highest BCUT2D eigenvalue weighted by Crippen LogP contribution is 2.25. The number of amides is 1. The predicted molar refractivity (Wildman–Crippen MR) is 123 cm³/mol. The second-order valence-electron chi connectivity index (χ2n) is 8.03. The molecule has 1 fully saturated rings. The quantitative estimate of drug-likeness (QED) is 0.702. The van der Waals surface area contributed by atoms with E-state index in [1.165, 1.54) is 12.1 Å². The van der Waals surface area contributed by atoms with Crippen molar-refractivity contribution in [2.75, 3.05) is 52.3 Å². The number of morpholine rings is 1. The normalized spacial score (nSPS) is 17.7. The number of rotatable bonds is 6. The van der Waals surface area contributed by atoms with E-state index in [1.807, 2.05) is 31.2 Å². The Bertz CT molecular complexity index is 1030. The molecule has 2 aromatic rings. The molecule has 2 aliphatic rings. The van der Waals surface area contributed by atoms with Crippen LogP contribution in [0.4, 0.5) is 10.1 Å². The van der Waals surface area contributed by atoms with Gasteiger partial charge in [-0.05, 0) is 41.0 Å². The minimum atomic E-state index is -0.443. The summed E-state index contributed by atoms with van der Waals surface area (Å²) in [5.41, 5.74) is 4.02. The molecule has 0 saturated carbocycles. The molecule has 0 unspecified atom stereocenters. The summed E-state index contributed by atoms with van der Waals surface area (Å²) in [5, 5.41) is 6.73. The predicted octanol–water partition coefficient (Wildman–Crippen LogP) is 2.84. The van der Waals surface area contributed by atoms with Gasteiger partial charge in [0.15, 0.2) is 0 Å². The highest BCUT2D eigenvalue weighted by Gasteiger charge is 2.18. The van der Waals surface area contributed by atoms with E-state index < -0.39 is 11.7 Å². The van der Waals surface area contributed by atoms with E-state index in [9.17, 15) is 9.18 Å². The number of carbonyl (C=O) groups excluding carboxylic acids is 1. The average Bonchev–Trinajstić information content (AvgIpc) is 3.13. The van der Waals surface area contributed by atoms with Crippen LogP contribution in [0.3, 0.4) is 0 Å². The molecule has 8 heteroatoms. The van der Waals surface area contributed by atoms with Crippen molar-refractivity contribution in [3.63, 3.8) is 0 Å². The van der Waals surface area contributed by atoms with Crippen molar-refractivity contribution >= 4 is 23.2 Å². The number of halogens is 1. The van der Waals surface area contributed by atoms with Gasteiger partial charge in [-0.15, -0.1) is 0 Å². The Balaban J connectivity index is 1.40. The molecule has 3 heterocycles. The minimum absolute atomic E-state index is 0.165.